The molecule has 0 atom stereocenters. The highest BCUT2D eigenvalue weighted by atomic mass is 16.5. The third-order valence-electron chi connectivity index (χ3n) is 1.45. The number of aliphatic hydroxyl groups is 1. The van der Waals surface area contributed by atoms with E-state index in [1.54, 1.807) is 6.20 Å². The van der Waals surface area contributed by atoms with Crippen LogP contribution in [0.5, 0.6) is 0 Å². The van der Waals surface area contributed by atoms with Crippen LogP contribution in [0.2, 0.25) is 0 Å². The van der Waals surface area contributed by atoms with Crippen LogP contribution in [-0.4, -0.2) is 16.9 Å². The van der Waals surface area contributed by atoms with Crippen LogP contribution in [0.4, 0.5) is 0 Å². The Morgan fingerprint density at radius 2 is 2.50 bits per heavy atom. The highest BCUT2D eigenvalue weighted by Crippen LogP contribution is 2.08. The first-order valence-corrected chi connectivity index (χ1v) is 3.41. The Hall–Kier alpha value is -0.830. The van der Waals surface area contributed by atoms with E-state index in [0.717, 1.165) is 17.7 Å². The molecule has 0 radical (unpaired) electrons. The van der Waals surface area contributed by atoms with Crippen molar-refractivity contribution in [2.75, 3.05) is 6.61 Å². The molecule has 0 saturated carbocycles. The Labute approximate surface area is 59.7 Å². The predicted octanol–water partition coefficient (Wildman–Crippen LogP) is 0.772. The second-order valence-corrected chi connectivity index (χ2v) is 2.10. The molecule has 0 aliphatic heterocycles. The van der Waals surface area contributed by atoms with E-state index in [9.17, 15) is 0 Å². The van der Waals surface area contributed by atoms with Crippen molar-refractivity contribution in [1.29, 1.82) is 0 Å². The van der Waals surface area contributed by atoms with E-state index in [1.165, 1.54) is 0 Å². The minimum atomic E-state index is 0.127. The van der Waals surface area contributed by atoms with Crippen molar-refractivity contribution < 1.29 is 9.63 Å². The van der Waals surface area contributed by atoms with E-state index in [0.29, 0.717) is 6.42 Å². The number of aromatic nitrogens is 1. The Balaban J connectivity index is 2.70. The highest BCUT2D eigenvalue weighted by molar-refractivity contribution is 5.12. The van der Waals surface area contributed by atoms with Crippen LogP contribution in [0.1, 0.15) is 18.2 Å². The van der Waals surface area contributed by atoms with E-state index >= 15 is 0 Å². The van der Waals surface area contributed by atoms with Crippen LogP contribution >= 0.6 is 0 Å². The molecule has 0 spiro atoms. The summed E-state index contributed by atoms with van der Waals surface area (Å²) < 4.78 is 4.89. The maximum absolute atomic E-state index is 8.57. The monoisotopic (exact) mass is 141 g/mol. The van der Waals surface area contributed by atoms with Gasteiger partial charge in [-0.25, -0.2) is 0 Å². The van der Waals surface area contributed by atoms with Crippen LogP contribution < -0.4 is 0 Å². The van der Waals surface area contributed by atoms with Gasteiger partial charge in [-0.2, -0.15) is 0 Å². The SMILES string of the molecule is CCc1cnoc1CCO. The smallest absolute Gasteiger partial charge is 0.142 e. The van der Waals surface area contributed by atoms with Crippen molar-refractivity contribution in [1.82, 2.24) is 5.16 Å². The van der Waals surface area contributed by atoms with Gasteiger partial charge in [0.1, 0.15) is 5.76 Å². The van der Waals surface area contributed by atoms with Crippen molar-refractivity contribution in [2.45, 2.75) is 19.8 Å². The summed E-state index contributed by atoms with van der Waals surface area (Å²) in [7, 11) is 0. The fourth-order valence-electron chi connectivity index (χ4n) is 0.880. The number of hydrogen-bond donors (Lipinski definition) is 1. The number of rotatable bonds is 3. The van der Waals surface area contributed by atoms with Gasteiger partial charge in [0, 0.05) is 12.0 Å². The van der Waals surface area contributed by atoms with Crippen molar-refractivity contribution >= 4 is 0 Å². The standard InChI is InChI=1S/C7H11NO2/c1-2-6-5-8-10-7(6)3-4-9/h5,9H,2-4H2,1H3. The average Bonchev–Trinajstić information content (AvgIpc) is 2.36. The topological polar surface area (TPSA) is 46.3 Å². The first kappa shape index (κ1) is 7.28. The summed E-state index contributed by atoms with van der Waals surface area (Å²) in [5.74, 6) is 0.810. The molecule has 0 aliphatic carbocycles. The first-order chi connectivity index (χ1) is 4.88. The maximum atomic E-state index is 8.57. The zero-order valence-corrected chi connectivity index (χ0v) is 6.00. The van der Waals surface area contributed by atoms with E-state index in [-0.39, 0.29) is 6.61 Å². The molecule has 0 saturated heterocycles. The van der Waals surface area contributed by atoms with Gasteiger partial charge < -0.3 is 9.63 Å². The summed E-state index contributed by atoms with van der Waals surface area (Å²) in [6.07, 6.45) is 3.19. The number of aliphatic hydroxyl groups excluding tert-OH is 1. The summed E-state index contributed by atoms with van der Waals surface area (Å²) >= 11 is 0. The molecule has 1 N–H and O–H groups in total. The van der Waals surface area contributed by atoms with E-state index in [4.69, 9.17) is 9.63 Å². The Morgan fingerprint density at radius 1 is 1.70 bits per heavy atom. The van der Waals surface area contributed by atoms with E-state index < -0.39 is 0 Å². The summed E-state index contributed by atoms with van der Waals surface area (Å²) in [6, 6.07) is 0. The molecule has 1 aromatic heterocycles. The minimum Gasteiger partial charge on any atom is -0.396 e. The Kier molecular flexibility index (Phi) is 2.45. The van der Waals surface area contributed by atoms with Gasteiger partial charge in [0.15, 0.2) is 0 Å². The van der Waals surface area contributed by atoms with Gasteiger partial charge in [-0.1, -0.05) is 12.1 Å². The summed E-state index contributed by atoms with van der Waals surface area (Å²) in [6.45, 7) is 2.16. The van der Waals surface area contributed by atoms with Crippen LogP contribution in [0.3, 0.4) is 0 Å². The van der Waals surface area contributed by atoms with Crippen LogP contribution in [0.25, 0.3) is 0 Å². The molecule has 0 bridgehead atoms. The van der Waals surface area contributed by atoms with Crippen molar-refractivity contribution in [3.8, 4) is 0 Å². The quantitative estimate of drug-likeness (QED) is 0.676. The van der Waals surface area contributed by atoms with Crippen LogP contribution in [-0.2, 0) is 12.8 Å². The average molecular weight is 141 g/mol. The van der Waals surface area contributed by atoms with Crippen LogP contribution in [0, 0.1) is 0 Å². The lowest BCUT2D eigenvalue weighted by Gasteiger charge is -1.92. The normalized spacial score (nSPS) is 10.2. The molecule has 3 heteroatoms. The molecule has 3 nitrogen and oxygen atoms in total. The molecule has 1 rings (SSSR count). The van der Waals surface area contributed by atoms with Gasteiger partial charge in [-0.05, 0) is 6.42 Å². The third-order valence-corrected chi connectivity index (χ3v) is 1.45. The second-order valence-electron chi connectivity index (χ2n) is 2.10. The lowest BCUT2D eigenvalue weighted by molar-refractivity contribution is 0.276. The second kappa shape index (κ2) is 3.37. The molecule has 1 aromatic rings. The van der Waals surface area contributed by atoms with Crippen molar-refractivity contribution in [3.05, 3.63) is 17.5 Å². The lowest BCUT2D eigenvalue weighted by atomic mass is 10.2. The van der Waals surface area contributed by atoms with E-state index in [2.05, 4.69) is 5.16 Å². The highest BCUT2D eigenvalue weighted by Gasteiger charge is 2.03. The van der Waals surface area contributed by atoms with Crippen molar-refractivity contribution in [3.63, 3.8) is 0 Å². The van der Waals surface area contributed by atoms with Gasteiger partial charge in [-0.15, -0.1) is 0 Å². The molecule has 56 valence electrons. The van der Waals surface area contributed by atoms with Gasteiger partial charge in [-0.3, -0.25) is 0 Å². The lowest BCUT2D eigenvalue weighted by Crippen LogP contribution is -1.91. The van der Waals surface area contributed by atoms with Gasteiger partial charge >= 0.3 is 0 Å². The summed E-state index contributed by atoms with van der Waals surface area (Å²) in [5, 5.41) is 12.2. The fourth-order valence-corrected chi connectivity index (χ4v) is 0.880. The predicted molar refractivity (Wildman–Crippen MR) is 36.7 cm³/mol. The molecule has 0 aromatic carbocycles. The number of hydrogen-bond acceptors (Lipinski definition) is 3. The fraction of sp³-hybridized carbons (Fsp3) is 0.571. The molecule has 0 amide bonds. The van der Waals surface area contributed by atoms with Gasteiger partial charge in [0.25, 0.3) is 0 Å². The Morgan fingerprint density at radius 3 is 3.10 bits per heavy atom. The summed E-state index contributed by atoms with van der Waals surface area (Å²) in [4.78, 5) is 0. The van der Waals surface area contributed by atoms with Gasteiger partial charge in [0.2, 0.25) is 0 Å². The number of aryl methyl sites for hydroxylation is 1. The molecule has 10 heavy (non-hydrogen) atoms. The van der Waals surface area contributed by atoms with Gasteiger partial charge in [0.05, 0.1) is 12.8 Å². The van der Waals surface area contributed by atoms with Crippen LogP contribution in [0.15, 0.2) is 10.7 Å². The maximum Gasteiger partial charge on any atom is 0.142 e. The minimum absolute atomic E-state index is 0.127. The first-order valence-electron chi connectivity index (χ1n) is 3.41. The molecule has 0 aliphatic rings. The molecule has 0 unspecified atom stereocenters. The molecule has 1 heterocycles. The zero-order chi connectivity index (χ0) is 7.40. The summed E-state index contributed by atoms with van der Waals surface area (Å²) in [5.41, 5.74) is 1.09. The third kappa shape index (κ3) is 1.36. The molecular weight excluding hydrogens is 130 g/mol. The van der Waals surface area contributed by atoms with E-state index in [1.807, 2.05) is 6.92 Å². The van der Waals surface area contributed by atoms with Crippen molar-refractivity contribution in [2.24, 2.45) is 0 Å². The molecule has 0 fully saturated rings. The number of nitrogens with zero attached hydrogens (tertiary/aromatic N) is 1. The largest absolute Gasteiger partial charge is 0.396 e. The molecular formula is C7H11NO2. The zero-order valence-electron chi connectivity index (χ0n) is 6.00. The Bertz CT molecular complexity index is 195.